The Bertz CT molecular complexity index is 875. The number of aryl methyl sites for hydroxylation is 1. The fourth-order valence-electron chi connectivity index (χ4n) is 2.72. The number of hydrogen-bond donors (Lipinski definition) is 0. The third-order valence-electron chi connectivity index (χ3n) is 3.81. The summed E-state index contributed by atoms with van der Waals surface area (Å²) in [5, 5.41) is 0. The van der Waals surface area contributed by atoms with Gasteiger partial charge in [-0.05, 0) is 48.9 Å². The summed E-state index contributed by atoms with van der Waals surface area (Å²) < 4.78 is 0.976. The molecule has 3 rings (SSSR count). The van der Waals surface area contributed by atoms with Crippen molar-refractivity contribution < 1.29 is 4.79 Å². The molecule has 3 aromatic rings. The monoisotopic (exact) mass is 380 g/mol. The predicted molar refractivity (Wildman–Crippen MR) is 101 cm³/mol. The summed E-state index contributed by atoms with van der Waals surface area (Å²) in [7, 11) is 0. The minimum absolute atomic E-state index is 0.0432. The van der Waals surface area contributed by atoms with Gasteiger partial charge in [-0.3, -0.25) is 14.7 Å². The second-order valence-electron chi connectivity index (χ2n) is 5.52. The maximum atomic E-state index is 12.4. The number of para-hydroxylation sites is 1. The highest BCUT2D eigenvalue weighted by Gasteiger charge is 2.19. The molecule has 0 fully saturated rings. The third kappa shape index (κ3) is 3.24. The highest BCUT2D eigenvalue weighted by Crippen LogP contribution is 2.35. The molecule has 2 aromatic carbocycles. The van der Waals surface area contributed by atoms with Crippen molar-refractivity contribution in [2.75, 3.05) is 4.90 Å². The molecular formula is C20H17BrN2O. The van der Waals surface area contributed by atoms with Crippen molar-refractivity contribution in [2.24, 2.45) is 0 Å². The van der Waals surface area contributed by atoms with Crippen LogP contribution in [0, 0.1) is 6.92 Å². The van der Waals surface area contributed by atoms with Crippen LogP contribution in [-0.2, 0) is 4.79 Å². The van der Waals surface area contributed by atoms with Gasteiger partial charge in [-0.2, -0.15) is 0 Å². The molecule has 1 amide bonds. The standard InChI is InChI=1S/C20H17BrN2O/c1-14-6-5-13-22-20(14)18-7-3-4-8-19(18)23(15(2)24)17-11-9-16(21)10-12-17/h3-13H,1-2H3. The van der Waals surface area contributed by atoms with E-state index in [1.807, 2.05) is 67.6 Å². The van der Waals surface area contributed by atoms with Crippen LogP contribution in [0.5, 0.6) is 0 Å². The Hall–Kier alpha value is -2.46. The molecule has 0 unspecified atom stereocenters. The SMILES string of the molecule is CC(=O)N(c1ccc(Br)cc1)c1ccccc1-c1ncccc1C. The van der Waals surface area contributed by atoms with Gasteiger partial charge in [-0.15, -0.1) is 0 Å². The zero-order chi connectivity index (χ0) is 17.1. The first-order valence-electron chi connectivity index (χ1n) is 7.65. The second-order valence-corrected chi connectivity index (χ2v) is 6.43. The average Bonchev–Trinajstić information content (AvgIpc) is 2.58. The molecule has 0 aliphatic heterocycles. The number of amides is 1. The van der Waals surface area contributed by atoms with Crippen LogP contribution in [-0.4, -0.2) is 10.9 Å². The Morgan fingerprint density at radius 1 is 1.00 bits per heavy atom. The number of nitrogens with zero attached hydrogens (tertiary/aromatic N) is 2. The molecule has 1 aromatic heterocycles. The van der Waals surface area contributed by atoms with E-state index in [-0.39, 0.29) is 5.91 Å². The number of anilines is 2. The molecular weight excluding hydrogens is 364 g/mol. The van der Waals surface area contributed by atoms with Crippen molar-refractivity contribution in [3.8, 4) is 11.3 Å². The molecule has 3 nitrogen and oxygen atoms in total. The van der Waals surface area contributed by atoms with E-state index in [2.05, 4.69) is 20.9 Å². The van der Waals surface area contributed by atoms with Crippen molar-refractivity contribution in [3.05, 3.63) is 76.9 Å². The Balaban J connectivity index is 2.18. The molecule has 1 heterocycles. The molecule has 0 atom stereocenters. The lowest BCUT2D eigenvalue weighted by molar-refractivity contribution is -0.115. The first-order chi connectivity index (χ1) is 11.6. The maximum absolute atomic E-state index is 12.4. The van der Waals surface area contributed by atoms with E-state index in [0.717, 1.165) is 32.7 Å². The molecule has 0 bridgehead atoms. The lowest BCUT2D eigenvalue weighted by Gasteiger charge is -2.24. The lowest BCUT2D eigenvalue weighted by atomic mass is 10.0. The van der Waals surface area contributed by atoms with Crippen LogP contribution in [0.4, 0.5) is 11.4 Å². The van der Waals surface area contributed by atoms with E-state index in [4.69, 9.17) is 0 Å². The van der Waals surface area contributed by atoms with Crippen LogP contribution in [0.25, 0.3) is 11.3 Å². The van der Waals surface area contributed by atoms with Gasteiger partial charge in [-0.1, -0.05) is 40.2 Å². The quantitative estimate of drug-likeness (QED) is 0.600. The van der Waals surface area contributed by atoms with Gasteiger partial charge in [0, 0.05) is 28.8 Å². The number of benzene rings is 2. The molecule has 0 aliphatic rings. The van der Waals surface area contributed by atoms with Gasteiger partial charge < -0.3 is 0 Å². The van der Waals surface area contributed by atoms with Gasteiger partial charge in [-0.25, -0.2) is 0 Å². The molecule has 0 spiro atoms. The third-order valence-corrected chi connectivity index (χ3v) is 4.34. The Labute approximate surface area is 150 Å². The lowest BCUT2D eigenvalue weighted by Crippen LogP contribution is -2.23. The number of carbonyl (C=O) groups is 1. The van der Waals surface area contributed by atoms with Gasteiger partial charge in [0.25, 0.3) is 0 Å². The topological polar surface area (TPSA) is 33.2 Å². The zero-order valence-electron chi connectivity index (χ0n) is 13.5. The van der Waals surface area contributed by atoms with Gasteiger partial charge >= 0.3 is 0 Å². The van der Waals surface area contributed by atoms with E-state index < -0.39 is 0 Å². The van der Waals surface area contributed by atoms with Crippen molar-refractivity contribution in [1.82, 2.24) is 4.98 Å². The van der Waals surface area contributed by atoms with Crippen molar-refractivity contribution in [1.29, 1.82) is 0 Å². The van der Waals surface area contributed by atoms with Crippen molar-refractivity contribution >= 4 is 33.2 Å². The van der Waals surface area contributed by atoms with Crippen LogP contribution in [0.15, 0.2) is 71.3 Å². The first kappa shape index (κ1) is 16.4. The van der Waals surface area contributed by atoms with Crippen LogP contribution in [0.3, 0.4) is 0 Å². The molecule has 0 saturated carbocycles. The molecule has 0 aliphatic carbocycles. The van der Waals surface area contributed by atoms with Crippen molar-refractivity contribution in [2.45, 2.75) is 13.8 Å². The van der Waals surface area contributed by atoms with Crippen LogP contribution in [0.1, 0.15) is 12.5 Å². The molecule has 4 heteroatoms. The summed E-state index contributed by atoms with van der Waals surface area (Å²) in [6.07, 6.45) is 1.77. The fourth-order valence-corrected chi connectivity index (χ4v) is 2.98. The smallest absolute Gasteiger partial charge is 0.228 e. The molecule has 0 radical (unpaired) electrons. The minimum atomic E-state index is -0.0432. The van der Waals surface area contributed by atoms with E-state index in [9.17, 15) is 4.79 Å². The maximum Gasteiger partial charge on any atom is 0.228 e. The summed E-state index contributed by atoms with van der Waals surface area (Å²) >= 11 is 3.44. The number of halogens is 1. The second kappa shape index (κ2) is 6.97. The molecule has 0 N–H and O–H groups in total. The number of carbonyl (C=O) groups excluding carboxylic acids is 1. The normalized spacial score (nSPS) is 10.5. The Kier molecular flexibility index (Phi) is 4.76. The summed E-state index contributed by atoms with van der Waals surface area (Å²) in [6, 6.07) is 19.5. The number of hydrogen-bond acceptors (Lipinski definition) is 2. The largest absolute Gasteiger partial charge is 0.281 e. The molecule has 0 saturated heterocycles. The van der Waals surface area contributed by atoms with Gasteiger partial charge in [0.1, 0.15) is 0 Å². The van der Waals surface area contributed by atoms with Gasteiger partial charge in [0.15, 0.2) is 0 Å². The highest BCUT2D eigenvalue weighted by molar-refractivity contribution is 9.10. The van der Waals surface area contributed by atoms with Gasteiger partial charge in [0.2, 0.25) is 5.91 Å². The minimum Gasteiger partial charge on any atom is -0.281 e. The summed E-state index contributed by atoms with van der Waals surface area (Å²) in [5.74, 6) is -0.0432. The van der Waals surface area contributed by atoms with Crippen LogP contribution < -0.4 is 4.90 Å². The number of pyridine rings is 1. The van der Waals surface area contributed by atoms with E-state index in [0.29, 0.717) is 0 Å². The Morgan fingerprint density at radius 3 is 2.38 bits per heavy atom. The summed E-state index contributed by atoms with van der Waals surface area (Å²) in [5.41, 5.74) is 4.55. The predicted octanol–water partition coefficient (Wildman–Crippen LogP) is 5.50. The zero-order valence-corrected chi connectivity index (χ0v) is 15.1. The molecule has 120 valence electrons. The first-order valence-corrected chi connectivity index (χ1v) is 8.44. The molecule has 24 heavy (non-hydrogen) atoms. The summed E-state index contributed by atoms with van der Waals surface area (Å²) in [6.45, 7) is 3.60. The number of rotatable bonds is 3. The number of aromatic nitrogens is 1. The van der Waals surface area contributed by atoms with Crippen LogP contribution in [0.2, 0.25) is 0 Å². The Morgan fingerprint density at radius 2 is 1.71 bits per heavy atom. The van der Waals surface area contributed by atoms with E-state index in [1.165, 1.54) is 0 Å². The van der Waals surface area contributed by atoms with E-state index >= 15 is 0 Å². The average molecular weight is 381 g/mol. The fraction of sp³-hybridized carbons (Fsp3) is 0.100. The van der Waals surface area contributed by atoms with Crippen LogP contribution >= 0.6 is 15.9 Å². The van der Waals surface area contributed by atoms with E-state index in [1.54, 1.807) is 18.0 Å². The summed E-state index contributed by atoms with van der Waals surface area (Å²) in [4.78, 5) is 18.6. The highest BCUT2D eigenvalue weighted by atomic mass is 79.9. The van der Waals surface area contributed by atoms with Gasteiger partial charge in [0.05, 0.1) is 11.4 Å². The van der Waals surface area contributed by atoms with Crippen molar-refractivity contribution in [3.63, 3.8) is 0 Å².